The minimum atomic E-state index is -0.518. The second kappa shape index (κ2) is 12.5. The van der Waals surface area contributed by atoms with Crippen molar-refractivity contribution in [2.75, 3.05) is 33.0 Å². The van der Waals surface area contributed by atoms with Crippen molar-refractivity contribution in [2.45, 2.75) is 26.7 Å². The Morgan fingerprint density at radius 2 is 1.70 bits per heavy atom. The summed E-state index contributed by atoms with van der Waals surface area (Å²) >= 11 is 0. The van der Waals surface area contributed by atoms with Crippen molar-refractivity contribution in [3.63, 3.8) is 0 Å². The maximum Gasteiger partial charge on any atom is 0.332 e. The van der Waals surface area contributed by atoms with E-state index in [2.05, 4.69) is 0 Å². The molecular weight excluding hydrogens is 264 g/mol. The smallest absolute Gasteiger partial charge is 0.332 e. The molecule has 20 heavy (non-hydrogen) atoms. The van der Waals surface area contributed by atoms with Crippen LogP contribution < -0.4 is 0 Å². The van der Waals surface area contributed by atoms with Crippen molar-refractivity contribution in [1.82, 2.24) is 0 Å². The molecule has 0 N–H and O–H groups in total. The van der Waals surface area contributed by atoms with Gasteiger partial charge in [0.25, 0.3) is 0 Å². The molecule has 0 aromatic carbocycles. The lowest BCUT2D eigenvalue weighted by Gasteiger charge is -2.04. The molecule has 0 radical (unpaired) electrons. The molecule has 0 saturated heterocycles. The fourth-order valence-electron chi connectivity index (χ4n) is 1.11. The van der Waals surface area contributed by atoms with Gasteiger partial charge in [-0.1, -0.05) is 19.1 Å². The first-order valence-electron chi connectivity index (χ1n) is 6.53. The van der Waals surface area contributed by atoms with Gasteiger partial charge >= 0.3 is 5.97 Å². The molecule has 6 heteroatoms. The Balaban J connectivity index is 3.48. The van der Waals surface area contributed by atoms with E-state index in [0.717, 1.165) is 6.42 Å². The summed E-state index contributed by atoms with van der Waals surface area (Å²) in [5.41, 5.74) is 0. The van der Waals surface area contributed by atoms with Crippen LogP contribution >= 0.6 is 0 Å². The minimum absolute atomic E-state index is 0.00793. The monoisotopic (exact) mass is 286 g/mol. The molecule has 0 aromatic rings. The van der Waals surface area contributed by atoms with Gasteiger partial charge in [0.15, 0.2) is 5.78 Å². The van der Waals surface area contributed by atoms with Crippen molar-refractivity contribution in [3.8, 4) is 0 Å². The van der Waals surface area contributed by atoms with Gasteiger partial charge in [0, 0.05) is 6.42 Å². The number of carbonyl (C=O) groups excluding carboxylic acids is 3. The molecule has 0 rings (SSSR count). The maximum atomic E-state index is 11.3. The molecule has 0 bridgehead atoms. The highest BCUT2D eigenvalue weighted by Gasteiger charge is 2.06. The van der Waals surface area contributed by atoms with Gasteiger partial charge in [-0.05, 0) is 13.3 Å². The molecule has 6 nitrogen and oxygen atoms in total. The predicted molar refractivity (Wildman–Crippen MR) is 72.3 cm³/mol. The molecule has 0 amide bonds. The minimum Gasteiger partial charge on any atom is -0.460 e. The van der Waals surface area contributed by atoms with Crippen molar-refractivity contribution in [1.29, 1.82) is 0 Å². The number of Topliss-reactive ketones (excluding diaryl/α,β-unsaturated/α-hetero) is 2. The second-order valence-corrected chi connectivity index (χ2v) is 4.10. The van der Waals surface area contributed by atoms with Gasteiger partial charge in [0.1, 0.15) is 32.2 Å². The highest BCUT2D eigenvalue weighted by molar-refractivity contribution is 5.81. The third-order valence-corrected chi connectivity index (χ3v) is 2.09. The first-order valence-corrected chi connectivity index (χ1v) is 6.53. The number of allylic oxidation sites excluding steroid dienone is 1. The molecule has 0 aliphatic carbocycles. The Kier molecular flexibility index (Phi) is 11.5. The second-order valence-electron chi connectivity index (χ2n) is 4.10. The van der Waals surface area contributed by atoms with Crippen LogP contribution in [0.4, 0.5) is 0 Å². The van der Waals surface area contributed by atoms with Gasteiger partial charge in [0.2, 0.25) is 0 Å². The molecule has 0 saturated carbocycles. The highest BCUT2D eigenvalue weighted by Crippen LogP contribution is 1.88. The van der Waals surface area contributed by atoms with Gasteiger partial charge in [-0.2, -0.15) is 0 Å². The van der Waals surface area contributed by atoms with E-state index in [4.69, 9.17) is 14.2 Å². The molecule has 0 spiro atoms. The number of carbonyl (C=O) groups is 3. The fourth-order valence-corrected chi connectivity index (χ4v) is 1.11. The van der Waals surface area contributed by atoms with Crippen molar-refractivity contribution >= 4 is 17.5 Å². The third kappa shape index (κ3) is 12.9. The summed E-state index contributed by atoms with van der Waals surface area (Å²) in [5, 5.41) is 0. The van der Waals surface area contributed by atoms with Crippen LogP contribution in [0.5, 0.6) is 0 Å². The summed E-state index contributed by atoms with van der Waals surface area (Å²) in [6.45, 7) is 3.26. The standard InChI is InChI=1S/C14H22O6/c1-3-4-5-7-20-14(17)11-19-10-13(16)9-18-8-6-12(2)15/h4-5H,3,6-11H2,1-2H3/b5-4-. The predicted octanol–water partition coefficient (Wildman–Crippen LogP) is 1.08. The van der Waals surface area contributed by atoms with Gasteiger partial charge in [-0.3, -0.25) is 9.59 Å². The molecule has 0 fully saturated rings. The SMILES string of the molecule is CC/C=C\COC(=O)COCC(=O)COCCC(C)=O. The van der Waals surface area contributed by atoms with Crippen LogP contribution in [-0.2, 0) is 28.6 Å². The van der Waals surface area contributed by atoms with Crippen LogP contribution in [0.15, 0.2) is 12.2 Å². The summed E-state index contributed by atoms with van der Waals surface area (Å²) in [6, 6.07) is 0. The van der Waals surface area contributed by atoms with E-state index >= 15 is 0 Å². The Morgan fingerprint density at radius 1 is 1.00 bits per heavy atom. The Bertz CT molecular complexity index is 335. The molecule has 0 aliphatic rings. The van der Waals surface area contributed by atoms with Gasteiger partial charge in [-0.25, -0.2) is 4.79 Å². The largest absolute Gasteiger partial charge is 0.460 e. The van der Waals surface area contributed by atoms with Gasteiger partial charge in [0.05, 0.1) is 6.61 Å². The number of ketones is 2. The van der Waals surface area contributed by atoms with Crippen LogP contribution in [-0.4, -0.2) is 50.6 Å². The number of hydrogen-bond acceptors (Lipinski definition) is 6. The average Bonchev–Trinajstić information content (AvgIpc) is 2.39. The third-order valence-electron chi connectivity index (χ3n) is 2.09. The van der Waals surface area contributed by atoms with Crippen molar-refractivity contribution in [3.05, 3.63) is 12.2 Å². The molecule has 0 aromatic heterocycles. The summed E-state index contributed by atoms with van der Waals surface area (Å²) < 4.78 is 14.7. The van der Waals surface area contributed by atoms with Gasteiger partial charge in [-0.15, -0.1) is 0 Å². The van der Waals surface area contributed by atoms with Crippen molar-refractivity contribution < 1.29 is 28.6 Å². The lowest BCUT2D eigenvalue weighted by molar-refractivity contribution is -0.149. The zero-order valence-corrected chi connectivity index (χ0v) is 12.1. The summed E-state index contributed by atoms with van der Waals surface area (Å²) in [5.74, 6) is -0.795. The lowest BCUT2D eigenvalue weighted by Crippen LogP contribution is -2.20. The van der Waals surface area contributed by atoms with E-state index in [1.54, 1.807) is 6.08 Å². The molecule has 0 heterocycles. The molecular formula is C14H22O6. The topological polar surface area (TPSA) is 78.9 Å². The highest BCUT2D eigenvalue weighted by atomic mass is 16.6. The van der Waals surface area contributed by atoms with Crippen LogP contribution in [0.3, 0.4) is 0 Å². The number of rotatable bonds is 12. The quantitative estimate of drug-likeness (QED) is 0.303. The fraction of sp³-hybridized carbons (Fsp3) is 0.643. The zero-order chi connectivity index (χ0) is 15.2. The van der Waals surface area contributed by atoms with Crippen molar-refractivity contribution in [2.24, 2.45) is 0 Å². The Hall–Kier alpha value is -1.53. The summed E-state index contributed by atoms with van der Waals surface area (Å²) in [4.78, 5) is 33.0. The maximum absolute atomic E-state index is 11.3. The first kappa shape index (κ1) is 18.5. The van der Waals surface area contributed by atoms with Crippen LogP contribution in [0.1, 0.15) is 26.7 Å². The van der Waals surface area contributed by atoms with Crippen LogP contribution in [0.2, 0.25) is 0 Å². The summed E-state index contributed by atoms with van der Waals surface area (Å²) in [6.07, 6.45) is 4.79. The number of ether oxygens (including phenoxy) is 3. The van der Waals surface area contributed by atoms with E-state index in [1.165, 1.54) is 6.92 Å². The number of hydrogen-bond donors (Lipinski definition) is 0. The molecule has 0 aliphatic heterocycles. The average molecular weight is 286 g/mol. The number of esters is 1. The van der Waals surface area contributed by atoms with Crippen LogP contribution in [0.25, 0.3) is 0 Å². The van der Waals surface area contributed by atoms with E-state index < -0.39 is 5.97 Å². The van der Waals surface area contributed by atoms with E-state index in [1.807, 2.05) is 13.0 Å². The van der Waals surface area contributed by atoms with E-state index in [9.17, 15) is 14.4 Å². The zero-order valence-electron chi connectivity index (χ0n) is 12.1. The Labute approximate surface area is 119 Å². The summed E-state index contributed by atoms with van der Waals surface area (Å²) in [7, 11) is 0. The van der Waals surface area contributed by atoms with Crippen LogP contribution in [0, 0.1) is 0 Å². The molecule has 0 unspecified atom stereocenters. The normalized spacial score (nSPS) is 10.7. The van der Waals surface area contributed by atoms with E-state index in [-0.39, 0.29) is 51.0 Å². The molecule has 0 atom stereocenters. The first-order chi connectivity index (χ1) is 9.56. The molecule has 114 valence electrons. The Morgan fingerprint density at radius 3 is 2.35 bits per heavy atom. The lowest BCUT2D eigenvalue weighted by atomic mass is 10.3. The van der Waals surface area contributed by atoms with E-state index in [0.29, 0.717) is 0 Å². The van der Waals surface area contributed by atoms with Gasteiger partial charge < -0.3 is 14.2 Å².